The maximum absolute atomic E-state index is 12.5. The van der Waals surface area contributed by atoms with Gasteiger partial charge in [-0.1, -0.05) is 47.9 Å². The highest BCUT2D eigenvalue weighted by molar-refractivity contribution is 6.30. The average Bonchev–Trinajstić information content (AvgIpc) is 3.03. The first kappa shape index (κ1) is 21.3. The molecule has 1 atom stereocenters. The second-order valence-electron chi connectivity index (χ2n) is 6.87. The molecule has 0 saturated carbocycles. The molecule has 28 heavy (non-hydrogen) atoms. The zero-order chi connectivity index (χ0) is 20.6. The first-order valence-corrected chi connectivity index (χ1v) is 9.00. The predicted octanol–water partition coefficient (Wildman–Crippen LogP) is 3.44. The van der Waals surface area contributed by atoms with Crippen molar-refractivity contribution in [3.8, 4) is 11.8 Å². The molecule has 0 fully saturated rings. The van der Waals surface area contributed by atoms with E-state index in [4.69, 9.17) is 21.1 Å². The fourth-order valence-electron chi connectivity index (χ4n) is 2.08. The molecule has 1 heterocycles. The van der Waals surface area contributed by atoms with Crippen LogP contribution in [-0.4, -0.2) is 33.7 Å². The third-order valence-electron chi connectivity index (χ3n) is 3.31. The number of carbonyl (C=O) groups is 2. The van der Waals surface area contributed by atoms with E-state index in [1.54, 1.807) is 20.8 Å². The number of benzene rings is 1. The van der Waals surface area contributed by atoms with E-state index in [0.717, 1.165) is 5.56 Å². The summed E-state index contributed by atoms with van der Waals surface area (Å²) in [5, 5.41) is 2.74. The third-order valence-corrected chi connectivity index (χ3v) is 3.60. The Labute approximate surface area is 168 Å². The summed E-state index contributed by atoms with van der Waals surface area (Å²) in [4.78, 5) is 31.1. The molecule has 0 aliphatic heterocycles. The largest absolute Gasteiger partial charge is 0.459 e. The van der Waals surface area contributed by atoms with Crippen molar-refractivity contribution >= 4 is 23.7 Å². The van der Waals surface area contributed by atoms with Gasteiger partial charge in [0.15, 0.2) is 5.15 Å². The monoisotopic (exact) mass is 403 g/mol. The van der Waals surface area contributed by atoms with E-state index in [9.17, 15) is 9.59 Å². The number of imidazole rings is 1. The van der Waals surface area contributed by atoms with Gasteiger partial charge in [-0.3, -0.25) is 0 Å². The van der Waals surface area contributed by atoms with Crippen LogP contribution in [0.4, 0.5) is 4.79 Å². The molecule has 8 heteroatoms. The molecule has 148 valence electrons. The van der Waals surface area contributed by atoms with E-state index in [2.05, 4.69) is 27.1 Å². The van der Waals surface area contributed by atoms with Crippen LogP contribution in [0.3, 0.4) is 0 Å². The molecule has 2 N–H and O–H groups in total. The van der Waals surface area contributed by atoms with Crippen molar-refractivity contribution < 1.29 is 19.1 Å². The molecule has 2 rings (SSSR count). The minimum atomic E-state index is -0.993. The van der Waals surface area contributed by atoms with Crippen LogP contribution >= 0.6 is 11.6 Å². The molecule has 2 aromatic rings. The predicted molar refractivity (Wildman–Crippen MR) is 104 cm³/mol. The summed E-state index contributed by atoms with van der Waals surface area (Å²) in [7, 11) is 0. The number of hydrogen-bond donors (Lipinski definition) is 2. The van der Waals surface area contributed by atoms with Crippen molar-refractivity contribution in [1.29, 1.82) is 0 Å². The summed E-state index contributed by atoms with van der Waals surface area (Å²) < 4.78 is 10.5. The molecule has 0 bridgehead atoms. The van der Waals surface area contributed by atoms with E-state index in [0.29, 0.717) is 5.69 Å². The molecular weight excluding hydrogens is 382 g/mol. The van der Waals surface area contributed by atoms with E-state index >= 15 is 0 Å². The molecule has 0 aliphatic carbocycles. The topological polar surface area (TPSA) is 93.3 Å². The standard InChI is InChI=1S/C20H22ClN3O4/c1-20(2,3)28-19(26)24-16(11-7-10-15-17(21)23-13-22-15)18(25)27-12-14-8-5-4-6-9-14/h4-6,8-9,13,16H,11-12H2,1-3H3,(H,22,23)(H,24,26). The second kappa shape index (κ2) is 9.81. The third kappa shape index (κ3) is 7.33. The summed E-state index contributed by atoms with van der Waals surface area (Å²) in [6.45, 7) is 5.28. The first-order valence-electron chi connectivity index (χ1n) is 8.62. The Bertz CT molecular complexity index is 863. The van der Waals surface area contributed by atoms with Crippen LogP contribution in [0.1, 0.15) is 38.4 Å². The maximum atomic E-state index is 12.5. The van der Waals surface area contributed by atoms with Crippen molar-refractivity contribution in [3.05, 3.63) is 53.1 Å². The first-order chi connectivity index (χ1) is 13.2. The minimum Gasteiger partial charge on any atom is -0.459 e. The van der Waals surface area contributed by atoms with Crippen LogP contribution in [0.2, 0.25) is 5.15 Å². The Morgan fingerprint density at radius 2 is 2.00 bits per heavy atom. The summed E-state index contributed by atoms with van der Waals surface area (Å²) in [5.41, 5.74) is 0.565. The van der Waals surface area contributed by atoms with Crippen molar-refractivity contribution in [3.63, 3.8) is 0 Å². The van der Waals surface area contributed by atoms with E-state index < -0.39 is 23.7 Å². The fourth-order valence-corrected chi connectivity index (χ4v) is 2.23. The highest BCUT2D eigenvalue weighted by Crippen LogP contribution is 2.10. The van der Waals surface area contributed by atoms with Gasteiger partial charge in [0.2, 0.25) is 0 Å². The molecule has 1 aromatic carbocycles. The highest BCUT2D eigenvalue weighted by atomic mass is 35.5. The van der Waals surface area contributed by atoms with Crippen LogP contribution in [0.5, 0.6) is 0 Å². The van der Waals surface area contributed by atoms with E-state index in [1.807, 2.05) is 30.3 Å². The van der Waals surface area contributed by atoms with Crippen molar-refractivity contribution in [2.75, 3.05) is 0 Å². The van der Waals surface area contributed by atoms with Crippen molar-refractivity contribution in [1.82, 2.24) is 15.3 Å². The number of aromatic amines is 1. The lowest BCUT2D eigenvalue weighted by molar-refractivity contribution is -0.147. The molecule has 0 aliphatic rings. The van der Waals surface area contributed by atoms with Gasteiger partial charge in [0, 0.05) is 6.42 Å². The molecule has 1 aromatic heterocycles. The summed E-state index contributed by atoms with van der Waals surface area (Å²) in [6.07, 6.45) is 0.703. The van der Waals surface area contributed by atoms with Crippen LogP contribution in [-0.2, 0) is 20.9 Å². The van der Waals surface area contributed by atoms with Gasteiger partial charge in [-0.05, 0) is 32.3 Å². The number of alkyl carbamates (subject to hydrolysis) is 1. The number of carbonyl (C=O) groups excluding carboxylic acids is 2. The molecule has 0 radical (unpaired) electrons. The number of amides is 1. The number of ether oxygens (including phenoxy) is 2. The number of nitrogens with zero attached hydrogens (tertiary/aromatic N) is 1. The van der Waals surface area contributed by atoms with Crippen LogP contribution < -0.4 is 5.32 Å². The van der Waals surface area contributed by atoms with Gasteiger partial charge in [-0.25, -0.2) is 14.6 Å². The zero-order valence-corrected chi connectivity index (χ0v) is 16.7. The summed E-state index contributed by atoms with van der Waals surface area (Å²) >= 11 is 5.87. The number of nitrogens with one attached hydrogen (secondary N) is 2. The zero-order valence-electron chi connectivity index (χ0n) is 15.9. The Balaban J connectivity index is 2.04. The number of hydrogen-bond acceptors (Lipinski definition) is 5. The molecule has 0 saturated heterocycles. The fraction of sp³-hybridized carbons (Fsp3) is 0.350. The van der Waals surface area contributed by atoms with Gasteiger partial charge in [0.05, 0.1) is 6.33 Å². The molecule has 7 nitrogen and oxygen atoms in total. The number of rotatable bonds is 5. The lowest BCUT2D eigenvalue weighted by atomic mass is 10.2. The quantitative estimate of drug-likeness (QED) is 0.589. The molecule has 1 unspecified atom stereocenters. The number of aromatic nitrogens is 2. The lowest BCUT2D eigenvalue weighted by Gasteiger charge is -2.22. The van der Waals surface area contributed by atoms with E-state index in [1.165, 1.54) is 6.33 Å². The summed E-state index contributed by atoms with van der Waals surface area (Å²) in [6, 6.07) is 8.24. The SMILES string of the molecule is CC(C)(C)OC(=O)NC(CC#Cc1[nH]cnc1Cl)C(=O)OCc1ccccc1. The number of esters is 1. The Kier molecular flexibility index (Phi) is 7.47. The summed E-state index contributed by atoms with van der Waals surface area (Å²) in [5.74, 6) is 4.96. The van der Waals surface area contributed by atoms with Gasteiger partial charge in [0.25, 0.3) is 0 Å². The maximum Gasteiger partial charge on any atom is 0.408 e. The number of H-pyrrole nitrogens is 1. The Morgan fingerprint density at radius 3 is 2.61 bits per heavy atom. The average molecular weight is 404 g/mol. The van der Waals surface area contributed by atoms with Gasteiger partial charge in [0.1, 0.15) is 23.9 Å². The van der Waals surface area contributed by atoms with Gasteiger partial charge < -0.3 is 19.8 Å². The molecule has 0 spiro atoms. The van der Waals surface area contributed by atoms with Gasteiger partial charge in [-0.15, -0.1) is 0 Å². The smallest absolute Gasteiger partial charge is 0.408 e. The van der Waals surface area contributed by atoms with Crippen LogP contribution in [0, 0.1) is 11.8 Å². The van der Waals surface area contributed by atoms with Crippen molar-refractivity contribution in [2.24, 2.45) is 0 Å². The van der Waals surface area contributed by atoms with E-state index in [-0.39, 0.29) is 18.2 Å². The lowest BCUT2D eigenvalue weighted by Crippen LogP contribution is -2.44. The second-order valence-corrected chi connectivity index (χ2v) is 7.22. The van der Waals surface area contributed by atoms with Crippen LogP contribution in [0.25, 0.3) is 0 Å². The number of halogens is 1. The van der Waals surface area contributed by atoms with Gasteiger partial charge in [-0.2, -0.15) is 0 Å². The Hall–Kier alpha value is -2.98. The minimum absolute atomic E-state index is 0.0161. The van der Waals surface area contributed by atoms with Gasteiger partial charge >= 0.3 is 12.1 Å². The van der Waals surface area contributed by atoms with Crippen molar-refractivity contribution in [2.45, 2.75) is 45.4 Å². The molecule has 1 amide bonds. The van der Waals surface area contributed by atoms with Crippen LogP contribution in [0.15, 0.2) is 36.7 Å². The normalized spacial score (nSPS) is 11.7. The Morgan fingerprint density at radius 1 is 1.29 bits per heavy atom. The highest BCUT2D eigenvalue weighted by Gasteiger charge is 2.25. The molecular formula is C20H22ClN3O4.